The molecule has 2 aromatic carbocycles. The van der Waals surface area contributed by atoms with E-state index in [0.29, 0.717) is 6.54 Å². The summed E-state index contributed by atoms with van der Waals surface area (Å²) in [6, 6.07) is 16.6. The molecule has 0 saturated carbocycles. The molecule has 3 aromatic rings. The Morgan fingerprint density at radius 2 is 1.62 bits per heavy atom. The second-order valence-electron chi connectivity index (χ2n) is 6.76. The van der Waals surface area contributed by atoms with Gasteiger partial charge in [-0.3, -0.25) is 0 Å². The minimum absolute atomic E-state index is 0. The number of aliphatic hydroxyl groups excluding tert-OH is 1. The van der Waals surface area contributed by atoms with Crippen LogP contribution in [-0.2, 0) is 13.1 Å². The molecule has 0 aliphatic carbocycles. The van der Waals surface area contributed by atoms with E-state index in [4.69, 9.17) is 16.7 Å². The highest BCUT2D eigenvalue weighted by molar-refractivity contribution is 6.31. The summed E-state index contributed by atoms with van der Waals surface area (Å²) < 4.78 is 2.36. The highest BCUT2D eigenvalue weighted by Crippen LogP contribution is 2.28. The van der Waals surface area contributed by atoms with E-state index in [1.807, 2.05) is 18.2 Å². The first-order valence-electron chi connectivity index (χ1n) is 9.54. The number of rotatable bonds is 10. The van der Waals surface area contributed by atoms with Gasteiger partial charge in [-0.05, 0) is 49.7 Å². The maximum absolute atomic E-state index is 8.79. The van der Waals surface area contributed by atoms with E-state index in [9.17, 15) is 0 Å². The summed E-state index contributed by atoms with van der Waals surface area (Å²) in [5.41, 5.74) is 5.01. The Balaban J connectivity index is 0.00000210. The highest BCUT2D eigenvalue weighted by atomic mass is 35.5. The summed E-state index contributed by atoms with van der Waals surface area (Å²) in [5, 5.41) is 17.7. The molecular weight excluding hydrogens is 429 g/mol. The lowest BCUT2D eigenvalue weighted by Crippen LogP contribution is -2.24. The van der Waals surface area contributed by atoms with Gasteiger partial charge in [0.05, 0.1) is 6.61 Å². The van der Waals surface area contributed by atoms with Crippen molar-refractivity contribution in [3.05, 3.63) is 70.4 Å². The van der Waals surface area contributed by atoms with Crippen LogP contribution in [0.4, 0.5) is 0 Å². The zero-order valence-electron chi connectivity index (χ0n) is 16.7. The summed E-state index contributed by atoms with van der Waals surface area (Å²) in [6.07, 6.45) is 1.04. The van der Waals surface area contributed by atoms with E-state index >= 15 is 0 Å². The number of benzene rings is 2. The Labute approximate surface area is 190 Å². The summed E-state index contributed by atoms with van der Waals surface area (Å²) in [7, 11) is 0. The molecule has 0 aliphatic rings. The van der Waals surface area contributed by atoms with Gasteiger partial charge >= 0.3 is 0 Å². The lowest BCUT2D eigenvalue weighted by atomic mass is 10.1. The molecule has 0 unspecified atom stereocenters. The van der Waals surface area contributed by atoms with Crippen molar-refractivity contribution in [3.8, 4) is 0 Å². The third-order valence-electron chi connectivity index (χ3n) is 4.95. The molecule has 0 aliphatic heterocycles. The molecule has 7 heteroatoms. The van der Waals surface area contributed by atoms with Gasteiger partial charge in [0, 0.05) is 41.3 Å². The minimum Gasteiger partial charge on any atom is -0.395 e. The number of para-hydroxylation sites is 1. The normalized spacial score (nSPS) is 10.6. The SMILES string of the molecule is Cc1c(CNCCCNCCO)c2ccccc2n1Cc1ccccc1Cl.Cl.Cl. The standard InChI is InChI=1S/C22H28ClN3O.2ClH/c1-17-20(15-25-12-6-11-24-13-14-27)19-8-3-5-10-22(19)26(17)16-18-7-2-4-9-21(18)23;;/h2-5,7-10,24-25,27H,6,11-16H2,1H3;2*1H. The van der Waals surface area contributed by atoms with E-state index in [1.165, 1.54) is 22.2 Å². The predicted octanol–water partition coefficient (Wildman–Crippen LogP) is 4.56. The Bertz CT molecular complexity index is 883. The van der Waals surface area contributed by atoms with Gasteiger partial charge in [0.1, 0.15) is 0 Å². The molecule has 0 saturated heterocycles. The second-order valence-corrected chi connectivity index (χ2v) is 7.17. The minimum atomic E-state index is 0. The maximum atomic E-state index is 8.79. The van der Waals surface area contributed by atoms with Crippen LogP contribution in [0.25, 0.3) is 10.9 Å². The van der Waals surface area contributed by atoms with Crippen LogP contribution < -0.4 is 10.6 Å². The Morgan fingerprint density at radius 1 is 0.931 bits per heavy atom. The predicted molar refractivity (Wildman–Crippen MR) is 128 cm³/mol. The molecule has 1 heterocycles. The molecule has 3 rings (SSSR count). The van der Waals surface area contributed by atoms with Crippen molar-refractivity contribution in [2.75, 3.05) is 26.2 Å². The molecule has 0 bridgehead atoms. The monoisotopic (exact) mass is 457 g/mol. The number of nitrogens with zero attached hydrogens (tertiary/aromatic N) is 1. The van der Waals surface area contributed by atoms with Gasteiger partial charge in [-0.1, -0.05) is 48.0 Å². The Kier molecular flexibility index (Phi) is 11.7. The number of aromatic nitrogens is 1. The van der Waals surface area contributed by atoms with E-state index < -0.39 is 0 Å². The molecule has 29 heavy (non-hydrogen) atoms. The van der Waals surface area contributed by atoms with Gasteiger partial charge in [0.15, 0.2) is 0 Å². The second kappa shape index (κ2) is 13.1. The smallest absolute Gasteiger partial charge is 0.0555 e. The molecule has 4 nitrogen and oxygen atoms in total. The first-order valence-corrected chi connectivity index (χ1v) is 9.92. The van der Waals surface area contributed by atoms with E-state index in [-0.39, 0.29) is 31.4 Å². The topological polar surface area (TPSA) is 49.2 Å². The van der Waals surface area contributed by atoms with Crippen molar-refractivity contribution in [1.29, 1.82) is 0 Å². The number of halogens is 3. The van der Waals surface area contributed by atoms with Crippen LogP contribution in [0, 0.1) is 6.92 Å². The van der Waals surface area contributed by atoms with E-state index in [2.05, 4.69) is 52.5 Å². The zero-order chi connectivity index (χ0) is 19.1. The number of fused-ring (bicyclic) bond motifs is 1. The summed E-state index contributed by atoms with van der Waals surface area (Å²) in [6.45, 7) is 6.53. The summed E-state index contributed by atoms with van der Waals surface area (Å²) >= 11 is 6.39. The Morgan fingerprint density at radius 3 is 2.38 bits per heavy atom. The van der Waals surface area contributed by atoms with Crippen molar-refractivity contribution >= 4 is 47.3 Å². The van der Waals surface area contributed by atoms with Crippen LogP contribution in [0.1, 0.15) is 23.2 Å². The summed E-state index contributed by atoms with van der Waals surface area (Å²) in [4.78, 5) is 0. The quantitative estimate of drug-likeness (QED) is 0.390. The number of hydrogen-bond donors (Lipinski definition) is 3. The van der Waals surface area contributed by atoms with Crippen molar-refractivity contribution in [2.24, 2.45) is 0 Å². The van der Waals surface area contributed by atoms with Crippen LogP contribution in [-0.4, -0.2) is 35.9 Å². The fourth-order valence-corrected chi connectivity index (χ4v) is 3.68. The van der Waals surface area contributed by atoms with Gasteiger partial charge in [0.2, 0.25) is 0 Å². The zero-order valence-corrected chi connectivity index (χ0v) is 19.0. The van der Waals surface area contributed by atoms with Crippen molar-refractivity contribution < 1.29 is 5.11 Å². The first kappa shape index (κ1) is 25.8. The van der Waals surface area contributed by atoms with E-state index in [1.54, 1.807) is 0 Å². The largest absolute Gasteiger partial charge is 0.395 e. The number of nitrogens with one attached hydrogen (secondary N) is 2. The van der Waals surface area contributed by atoms with Crippen LogP contribution in [0.2, 0.25) is 5.02 Å². The number of aliphatic hydroxyl groups is 1. The molecular formula is C22H30Cl3N3O. The maximum Gasteiger partial charge on any atom is 0.0555 e. The third-order valence-corrected chi connectivity index (χ3v) is 5.31. The molecule has 0 radical (unpaired) electrons. The van der Waals surface area contributed by atoms with Crippen LogP contribution in [0.3, 0.4) is 0 Å². The molecule has 3 N–H and O–H groups in total. The molecule has 0 fully saturated rings. The van der Waals surface area contributed by atoms with Crippen LogP contribution in [0.15, 0.2) is 48.5 Å². The van der Waals surface area contributed by atoms with Crippen LogP contribution >= 0.6 is 36.4 Å². The van der Waals surface area contributed by atoms with Crippen molar-refractivity contribution in [1.82, 2.24) is 15.2 Å². The van der Waals surface area contributed by atoms with Gasteiger partial charge in [-0.25, -0.2) is 0 Å². The molecule has 0 amide bonds. The van der Waals surface area contributed by atoms with Gasteiger partial charge in [-0.2, -0.15) is 0 Å². The lowest BCUT2D eigenvalue weighted by molar-refractivity contribution is 0.292. The fraction of sp³-hybridized carbons (Fsp3) is 0.364. The molecule has 1 aromatic heterocycles. The Hall–Kier alpha value is -1.27. The van der Waals surface area contributed by atoms with Crippen molar-refractivity contribution in [2.45, 2.75) is 26.4 Å². The number of hydrogen-bond acceptors (Lipinski definition) is 3. The molecule has 0 spiro atoms. The van der Waals surface area contributed by atoms with Crippen LogP contribution in [0.5, 0.6) is 0 Å². The fourth-order valence-electron chi connectivity index (χ4n) is 3.48. The average Bonchev–Trinajstić information content (AvgIpc) is 2.95. The third kappa shape index (κ3) is 6.61. The first-order chi connectivity index (χ1) is 13.2. The van der Waals surface area contributed by atoms with Gasteiger partial charge in [0.25, 0.3) is 0 Å². The summed E-state index contributed by atoms with van der Waals surface area (Å²) in [5.74, 6) is 0. The lowest BCUT2D eigenvalue weighted by Gasteiger charge is -2.11. The van der Waals surface area contributed by atoms with Gasteiger partial charge < -0.3 is 20.3 Å². The van der Waals surface area contributed by atoms with Crippen molar-refractivity contribution in [3.63, 3.8) is 0 Å². The molecule has 0 atom stereocenters. The molecule has 160 valence electrons. The highest BCUT2D eigenvalue weighted by Gasteiger charge is 2.14. The van der Waals surface area contributed by atoms with Gasteiger partial charge in [-0.15, -0.1) is 24.8 Å². The average molecular weight is 459 g/mol. The van der Waals surface area contributed by atoms with E-state index in [0.717, 1.165) is 43.2 Å².